The van der Waals surface area contributed by atoms with Crippen molar-refractivity contribution < 1.29 is 4.74 Å². The van der Waals surface area contributed by atoms with Crippen LogP contribution in [0.1, 0.15) is 23.5 Å². The highest BCUT2D eigenvalue weighted by Crippen LogP contribution is 2.25. The second-order valence-electron chi connectivity index (χ2n) is 5.48. The average Bonchev–Trinajstić information content (AvgIpc) is 2.93. The van der Waals surface area contributed by atoms with Gasteiger partial charge in [-0.3, -0.25) is 0 Å². The molecule has 1 fully saturated rings. The van der Waals surface area contributed by atoms with Gasteiger partial charge in [0.2, 0.25) is 0 Å². The molecule has 0 saturated carbocycles. The molecule has 1 aromatic rings. The highest BCUT2D eigenvalue weighted by Gasteiger charge is 2.25. The third kappa shape index (κ3) is 2.44. The molecule has 2 aliphatic heterocycles. The topological polar surface area (TPSA) is 24.5 Å². The molecule has 0 bridgehead atoms. The molecule has 0 aliphatic carbocycles. The molecule has 3 rings (SSSR count). The monoisotopic (exact) mass is 246 g/mol. The summed E-state index contributed by atoms with van der Waals surface area (Å²) in [7, 11) is 2.23. The van der Waals surface area contributed by atoms with Crippen LogP contribution in [0.5, 0.6) is 0 Å². The summed E-state index contributed by atoms with van der Waals surface area (Å²) in [5.41, 5.74) is 2.99. The summed E-state index contributed by atoms with van der Waals surface area (Å²) in [6.45, 7) is 5.06. The first-order chi connectivity index (χ1) is 8.84. The first kappa shape index (κ1) is 12.2. The van der Waals surface area contributed by atoms with Gasteiger partial charge >= 0.3 is 0 Å². The number of nitrogens with zero attached hydrogens (tertiary/aromatic N) is 1. The smallest absolute Gasteiger partial charge is 0.0622 e. The van der Waals surface area contributed by atoms with Gasteiger partial charge in [0.25, 0.3) is 0 Å². The minimum atomic E-state index is 0.610. The van der Waals surface area contributed by atoms with E-state index in [0.29, 0.717) is 12.0 Å². The first-order valence-corrected chi connectivity index (χ1v) is 6.91. The van der Waals surface area contributed by atoms with E-state index in [-0.39, 0.29) is 0 Å². The maximum absolute atomic E-state index is 5.48. The summed E-state index contributed by atoms with van der Waals surface area (Å²) >= 11 is 0. The SMILES string of the molecule is CN(CC1CNCc2ccccc21)C1CCOC1. The van der Waals surface area contributed by atoms with Crippen LogP contribution in [-0.4, -0.2) is 44.3 Å². The van der Waals surface area contributed by atoms with Crippen LogP contribution in [0.2, 0.25) is 0 Å². The zero-order valence-electron chi connectivity index (χ0n) is 11.1. The summed E-state index contributed by atoms with van der Waals surface area (Å²) in [4.78, 5) is 2.47. The van der Waals surface area contributed by atoms with Crippen LogP contribution in [0.15, 0.2) is 24.3 Å². The van der Waals surface area contributed by atoms with E-state index < -0.39 is 0 Å². The van der Waals surface area contributed by atoms with Gasteiger partial charge < -0.3 is 15.0 Å². The molecule has 2 unspecified atom stereocenters. The number of ether oxygens (including phenoxy) is 1. The Morgan fingerprint density at radius 2 is 2.28 bits per heavy atom. The molecular weight excluding hydrogens is 224 g/mol. The Bertz CT molecular complexity index is 401. The van der Waals surface area contributed by atoms with Crippen LogP contribution in [0.3, 0.4) is 0 Å². The van der Waals surface area contributed by atoms with Crippen LogP contribution in [0, 0.1) is 0 Å². The van der Waals surface area contributed by atoms with Crippen molar-refractivity contribution in [1.82, 2.24) is 10.2 Å². The molecule has 3 heteroatoms. The number of rotatable bonds is 3. The lowest BCUT2D eigenvalue weighted by molar-refractivity contribution is 0.155. The Morgan fingerprint density at radius 3 is 3.11 bits per heavy atom. The predicted octanol–water partition coefficient (Wildman–Crippen LogP) is 1.59. The van der Waals surface area contributed by atoms with E-state index in [1.165, 1.54) is 17.5 Å². The lowest BCUT2D eigenvalue weighted by Crippen LogP contribution is -2.40. The van der Waals surface area contributed by atoms with E-state index in [1.807, 2.05) is 0 Å². The minimum Gasteiger partial charge on any atom is -0.380 e. The van der Waals surface area contributed by atoms with Gasteiger partial charge in [0.05, 0.1) is 6.61 Å². The Balaban J connectivity index is 1.70. The molecule has 98 valence electrons. The van der Waals surface area contributed by atoms with Gasteiger partial charge in [-0.1, -0.05) is 24.3 Å². The summed E-state index contributed by atoms with van der Waals surface area (Å²) < 4.78 is 5.48. The third-order valence-electron chi connectivity index (χ3n) is 4.24. The fourth-order valence-corrected chi connectivity index (χ4v) is 3.11. The van der Waals surface area contributed by atoms with Crippen molar-refractivity contribution in [3.63, 3.8) is 0 Å². The van der Waals surface area contributed by atoms with Gasteiger partial charge in [-0.2, -0.15) is 0 Å². The van der Waals surface area contributed by atoms with Crippen molar-refractivity contribution in [2.45, 2.75) is 24.9 Å². The van der Waals surface area contributed by atoms with Crippen molar-refractivity contribution in [3.05, 3.63) is 35.4 Å². The molecular formula is C15H22N2O. The predicted molar refractivity (Wildman–Crippen MR) is 72.7 cm³/mol. The fourth-order valence-electron chi connectivity index (χ4n) is 3.11. The summed E-state index contributed by atoms with van der Waals surface area (Å²) in [6.07, 6.45) is 1.18. The molecule has 3 nitrogen and oxygen atoms in total. The third-order valence-corrected chi connectivity index (χ3v) is 4.24. The summed E-state index contributed by atoms with van der Waals surface area (Å²) in [6, 6.07) is 9.44. The summed E-state index contributed by atoms with van der Waals surface area (Å²) in [5.74, 6) is 0.612. The molecule has 1 saturated heterocycles. The second kappa shape index (κ2) is 5.39. The Kier molecular flexibility index (Phi) is 3.64. The average molecular weight is 246 g/mol. The lowest BCUT2D eigenvalue weighted by atomic mass is 9.90. The number of fused-ring (bicyclic) bond motifs is 1. The number of likely N-dealkylation sites (N-methyl/N-ethyl adjacent to an activating group) is 1. The van der Waals surface area contributed by atoms with Gasteiger partial charge in [-0.05, 0) is 24.6 Å². The Morgan fingerprint density at radius 1 is 1.39 bits per heavy atom. The second-order valence-corrected chi connectivity index (χ2v) is 5.48. The Labute approximate surface area is 109 Å². The standard InChI is InChI=1S/C15H22N2O/c1-17(14-6-7-18-11-14)10-13-9-16-8-12-4-2-3-5-15(12)13/h2-5,13-14,16H,6-11H2,1H3. The van der Waals surface area contributed by atoms with E-state index in [4.69, 9.17) is 4.74 Å². The van der Waals surface area contributed by atoms with E-state index in [9.17, 15) is 0 Å². The summed E-state index contributed by atoms with van der Waals surface area (Å²) in [5, 5.41) is 3.53. The lowest BCUT2D eigenvalue weighted by Gasteiger charge is -2.32. The van der Waals surface area contributed by atoms with Gasteiger partial charge in [0.15, 0.2) is 0 Å². The molecule has 0 amide bonds. The number of hydrogen-bond acceptors (Lipinski definition) is 3. The molecule has 1 aromatic carbocycles. The van der Waals surface area contributed by atoms with Crippen LogP contribution < -0.4 is 5.32 Å². The zero-order valence-corrected chi connectivity index (χ0v) is 11.1. The van der Waals surface area contributed by atoms with Crippen molar-refractivity contribution in [3.8, 4) is 0 Å². The van der Waals surface area contributed by atoms with Crippen LogP contribution in [-0.2, 0) is 11.3 Å². The largest absolute Gasteiger partial charge is 0.380 e. The molecule has 0 aromatic heterocycles. The van der Waals surface area contributed by atoms with E-state index in [0.717, 1.165) is 32.8 Å². The number of nitrogens with one attached hydrogen (secondary N) is 1. The molecule has 0 radical (unpaired) electrons. The van der Waals surface area contributed by atoms with E-state index in [1.54, 1.807) is 0 Å². The molecule has 2 heterocycles. The number of benzene rings is 1. The van der Waals surface area contributed by atoms with Gasteiger partial charge in [-0.15, -0.1) is 0 Å². The molecule has 2 atom stereocenters. The fraction of sp³-hybridized carbons (Fsp3) is 0.600. The zero-order chi connectivity index (χ0) is 12.4. The van der Waals surface area contributed by atoms with Crippen molar-refractivity contribution >= 4 is 0 Å². The maximum atomic E-state index is 5.48. The number of hydrogen-bond donors (Lipinski definition) is 1. The molecule has 0 spiro atoms. The van der Waals surface area contributed by atoms with Gasteiger partial charge in [0.1, 0.15) is 0 Å². The van der Waals surface area contributed by atoms with Crippen molar-refractivity contribution in [2.75, 3.05) is 33.4 Å². The normalized spacial score (nSPS) is 27.4. The van der Waals surface area contributed by atoms with E-state index >= 15 is 0 Å². The highest BCUT2D eigenvalue weighted by atomic mass is 16.5. The molecule has 18 heavy (non-hydrogen) atoms. The minimum absolute atomic E-state index is 0.610. The first-order valence-electron chi connectivity index (χ1n) is 6.91. The molecule has 2 aliphatic rings. The van der Waals surface area contributed by atoms with Gasteiger partial charge in [0, 0.05) is 38.2 Å². The van der Waals surface area contributed by atoms with Crippen LogP contribution in [0.25, 0.3) is 0 Å². The van der Waals surface area contributed by atoms with E-state index in [2.05, 4.69) is 41.5 Å². The maximum Gasteiger partial charge on any atom is 0.0622 e. The quantitative estimate of drug-likeness (QED) is 0.876. The van der Waals surface area contributed by atoms with Crippen LogP contribution in [0.4, 0.5) is 0 Å². The highest BCUT2D eigenvalue weighted by molar-refractivity contribution is 5.32. The van der Waals surface area contributed by atoms with Crippen molar-refractivity contribution in [2.24, 2.45) is 0 Å². The Hall–Kier alpha value is -0.900. The van der Waals surface area contributed by atoms with Crippen LogP contribution >= 0.6 is 0 Å². The van der Waals surface area contributed by atoms with Gasteiger partial charge in [-0.25, -0.2) is 0 Å². The van der Waals surface area contributed by atoms with Crippen molar-refractivity contribution in [1.29, 1.82) is 0 Å². The molecule has 1 N–H and O–H groups in total.